The van der Waals surface area contributed by atoms with E-state index in [0.717, 1.165) is 27.8 Å². The molecule has 0 saturated heterocycles. The molecule has 0 amide bonds. The van der Waals surface area contributed by atoms with Gasteiger partial charge in [-0.1, -0.05) is 41.9 Å². The van der Waals surface area contributed by atoms with Crippen LogP contribution in [-0.2, 0) is 17.9 Å². The van der Waals surface area contributed by atoms with Crippen molar-refractivity contribution in [2.24, 2.45) is 0 Å². The van der Waals surface area contributed by atoms with Gasteiger partial charge >= 0.3 is 5.97 Å². The number of carbonyl (C=O) groups is 1. The Hall–Kier alpha value is -3.35. The predicted molar refractivity (Wildman–Crippen MR) is 124 cm³/mol. The normalized spacial score (nSPS) is 11.6. The fourth-order valence-electron chi connectivity index (χ4n) is 3.29. The number of fused-ring (bicyclic) bond motifs is 1. The van der Waals surface area contributed by atoms with E-state index in [1.165, 1.54) is 13.8 Å². The van der Waals surface area contributed by atoms with Gasteiger partial charge in [-0.25, -0.2) is 9.78 Å². The number of benzene rings is 3. The van der Waals surface area contributed by atoms with Crippen LogP contribution in [0.5, 0.6) is 5.75 Å². The second-order valence-electron chi connectivity index (χ2n) is 7.96. The minimum absolute atomic E-state index is 0.510. The molecule has 0 aliphatic heterocycles. The highest BCUT2D eigenvalue weighted by atomic mass is 35.5. The van der Waals surface area contributed by atoms with Crippen LogP contribution in [0.1, 0.15) is 25.0 Å². The Morgan fingerprint density at radius 3 is 2.69 bits per heavy atom. The summed E-state index contributed by atoms with van der Waals surface area (Å²) >= 11 is 6.24. The molecule has 2 N–H and O–H groups in total. The number of nitrogens with zero attached hydrogens (tertiary/aromatic N) is 1. The first-order valence-electron chi connectivity index (χ1n) is 10.2. The Kier molecular flexibility index (Phi) is 6.17. The number of aromatic nitrogens is 1. The molecular weight excluding hydrogens is 428 g/mol. The van der Waals surface area contributed by atoms with Gasteiger partial charge in [0.25, 0.3) is 0 Å². The first-order chi connectivity index (χ1) is 15.3. The van der Waals surface area contributed by atoms with Crippen LogP contribution in [0.25, 0.3) is 22.6 Å². The average Bonchev–Trinajstić information content (AvgIpc) is 3.19. The molecule has 3 aromatic carbocycles. The summed E-state index contributed by atoms with van der Waals surface area (Å²) in [5, 5.41) is 13.3. The molecule has 0 aliphatic rings. The largest absolute Gasteiger partial charge is 0.478 e. The zero-order valence-corrected chi connectivity index (χ0v) is 18.5. The molecule has 7 heteroatoms. The lowest BCUT2D eigenvalue weighted by molar-refractivity contribution is -0.152. The molecule has 6 nitrogen and oxygen atoms in total. The minimum atomic E-state index is -1.30. The van der Waals surface area contributed by atoms with Gasteiger partial charge in [0.15, 0.2) is 11.2 Å². The Balaban J connectivity index is 1.48. The summed E-state index contributed by atoms with van der Waals surface area (Å²) in [7, 11) is 0. The third-order valence-electron chi connectivity index (χ3n) is 5.03. The minimum Gasteiger partial charge on any atom is -0.478 e. The summed E-state index contributed by atoms with van der Waals surface area (Å²) in [6.45, 7) is 4.18. The molecule has 0 radical (unpaired) electrons. The number of aliphatic carboxylic acids is 1. The molecule has 1 heterocycles. The number of carboxylic acid groups (broad SMARTS) is 1. The number of hydrogen-bond acceptors (Lipinski definition) is 5. The lowest BCUT2D eigenvalue weighted by Gasteiger charge is -2.21. The van der Waals surface area contributed by atoms with E-state index in [0.29, 0.717) is 29.8 Å². The number of hydrogen-bond donors (Lipinski definition) is 2. The van der Waals surface area contributed by atoms with Crippen LogP contribution in [-0.4, -0.2) is 21.7 Å². The maximum Gasteiger partial charge on any atom is 0.347 e. The van der Waals surface area contributed by atoms with Gasteiger partial charge in [-0.2, -0.15) is 0 Å². The predicted octanol–water partition coefficient (Wildman–Crippen LogP) is 5.68. The summed E-state index contributed by atoms with van der Waals surface area (Å²) in [6.07, 6.45) is 0. The van der Waals surface area contributed by atoms with Gasteiger partial charge in [-0.3, -0.25) is 0 Å². The van der Waals surface area contributed by atoms with Gasteiger partial charge in [-0.15, -0.1) is 0 Å². The molecule has 1 aromatic heterocycles. The van der Waals surface area contributed by atoms with Crippen molar-refractivity contribution in [1.82, 2.24) is 10.3 Å². The van der Waals surface area contributed by atoms with Gasteiger partial charge in [-0.05, 0) is 61.4 Å². The highest BCUT2D eigenvalue weighted by Gasteiger charge is 2.29. The van der Waals surface area contributed by atoms with Crippen molar-refractivity contribution >= 4 is 28.7 Å². The number of halogens is 1. The zero-order valence-electron chi connectivity index (χ0n) is 17.8. The van der Waals surface area contributed by atoms with E-state index >= 15 is 0 Å². The van der Waals surface area contributed by atoms with Crippen molar-refractivity contribution in [3.05, 3.63) is 82.9 Å². The van der Waals surface area contributed by atoms with E-state index in [2.05, 4.69) is 10.3 Å². The van der Waals surface area contributed by atoms with E-state index in [4.69, 9.17) is 20.8 Å². The number of carboxylic acids is 1. The molecule has 4 rings (SSSR count). The fourth-order valence-corrected chi connectivity index (χ4v) is 3.46. The highest BCUT2D eigenvalue weighted by molar-refractivity contribution is 6.30. The number of rotatable bonds is 8. The van der Waals surface area contributed by atoms with Gasteiger partial charge in [0, 0.05) is 23.7 Å². The quantitative estimate of drug-likeness (QED) is 0.359. The van der Waals surface area contributed by atoms with Gasteiger partial charge in [0.1, 0.15) is 11.3 Å². The van der Waals surface area contributed by atoms with Crippen molar-refractivity contribution < 1.29 is 19.1 Å². The van der Waals surface area contributed by atoms with Crippen molar-refractivity contribution in [2.45, 2.75) is 32.5 Å². The molecular formula is C25H23ClN2O4. The van der Waals surface area contributed by atoms with Crippen LogP contribution in [0, 0.1) is 0 Å². The van der Waals surface area contributed by atoms with Crippen molar-refractivity contribution in [2.75, 3.05) is 0 Å². The van der Waals surface area contributed by atoms with Crippen molar-refractivity contribution in [3.63, 3.8) is 0 Å². The second-order valence-corrected chi connectivity index (χ2v) is 8.39. The van der Waals surface area contributed by atoms with E-state index in [-0.39, 0.29) is 0 Å². The van der Waals surface area contributed by atoms with Gasteiger partial charge in [0.05, 0.1) is 0 Å². The Morgan fingerprint density at radius 1 is 1.09 bits per heavy atom. The van der Waals surface area contributed by atoms with Crippen LogP contribution in [0.3, 0.4) is 0 Å². The first kappa shape index (κ1) is 21.9. The van der Waals surface area contributed by atoms with Gasteiger partial charge in [0.2, 0.25) is 5.89 Å². The van der Waals surface area contributed by atoms with Crippen LogP contribution in [0.4, 0.5) is 0 Å². The second kappa shape index (κ2) is 9.02. The molecule has 164 valence electrons. The summed E-state index contributed by atoms with van der Waals surface area (Å²) in [6, 6.07) is 20.7. The lowest BCUT2D eigenvalue weighted by atomic mass is 10.1. The summed E-state index contributed by atoms with van der Waals surface area (Å²) in [5.74, 6) is 0.0163. The number of nitrogens with one attached hydrogen (secondary N) is 1. The summed E-state index contributed by atoms with van der Waals surface area (Å²) in [4.78, 5) is 15.9. The van der Waals surface area contributed by atoms with Crippen molar-refractivity contribution in [1.29, 1.82) is 0 Å². The number of oxazole rings is 1. The first-order valence-corrected chi connectivity index (χ1v) is 10.6. The van der Waals surface area contributed by atoms with Gasteiger partial charge < -0.3 is 19.6 Å². The van der Waals surface area contributed by atoms with E-state index in [9.17, 15) is 9.90 Å². The maximum atomic E-state index is 11.3. The summed E-state index contributed by atoms with van der Waals surface area (Å²) < 4.78 is 11.6. The number of ether oxygens (including phenoxy) is 1. The summed E-state index contributed by atoms with van der Waals surface area (Å²) in [5.41, 5.74) is 3.03. The molecule has 0 fully saturated rings. The fraction of sp³-hybridized carbons (Fsp3) is 0.200. The van der Waals surface area contributed by atoms with E-state index in [1.54, 1.807) is 6.07 Å². The van der Waals surface area contributed by atoms with Crippen LogP contribution in [0.15, 0.2) is 71.1 Å². The molecule has 0 spiro atoms. The zero-order chi connectivity index (χ0) is 22.7. The molecule has 0 atom stereocenters. The molecule has 0 saturated carbocycles. The Bertz CT molecular complexity index is 1230. The van der Waals surface area contributed by atoms with Crippen LogP contribution in [0.2, 0.25) is 5.02 Å². The Labute approximate surface area is 190 Å². The highest BCUT2D eigenvalue weighted by Crippen LogP contribution is 2.29. The van der Waals surface area contributed by atoms with Crippen LogP contribution >= 0.6 is 11.6 Å². The van der Waals surface area contributed by atoms with Crippen LogP contribution < -0.4 is 10.1 Å². The smallest absolute Gasteiger partial charge is 0.347 e. The van der Waals surface area contributed by atoms with Crippen molar-refractivity contribution in [3.8, 4) is 17.2 Å². The topological polar surface area (TPSA) is 84.6 Å². The lowest BCUT2D eigenvalue weighted by Crippen LogP contribution is -2.37. The maximum absolute atomic E-state index is 11.3. The third-order valence-corrected chi connectivity index (χ3v) is 5.26. The third kappa shape index (κ3) is 4.93. The SMILES string of the molecule is CC(C)(Oc1cccc(CNCc2ccc(Cl)cc2-c2nc3ccccc3o2)c1)C(=O)O. The number of para-hydroxylation sites is 2. The molecule has 32 heavy (non-hydrogen) atoms. The molecule has 0 unspecified atom stereocenters. The standard InChI is InChI=1S/C25H23ClN2O4/c1-25(2,24(29)30)32-19-7-5-6-16(12-19)14-27-15-17-10-11-18(26)13-20(17)23-28-21-8-3-4-9-22(21)31-23/h3-13,27H,14-15H2,1-2H3,(H,29,30). The molecule has 4 aromatic rings. The molecule has 0 aliphatic carbocycles. The average molecular weight is 451 g/mol. The Morgan fingerprint density at radius 2 is 1.91 bits per heavy atom. The van der Waals surface area contributed by atoms with E-state index < -0.39 is 11.6 Å². The molecule has 0 bridgehead atoms. The monoisotopic (exact) mass is 450 g/mol. The van der Waals surface area contributed by atoms with E-state index in [1.807, 2.05) is 60.7 Å².